The van der Waals surface area contributed by atoms with Crippen LogP contribution in [0, 0.1) is 34.6 Å². The molecular weight excluding hydrogens is 803 g/mol. The number of hydrogen-bond acceptors (Lipinski definition) is 0. The van der Waals surface area contributed by atoms with E-state index >= 15 is 0 Å². The van der Waals surface area contributed by atoms with Crippen LogP contribution in [0.1, 0.15) is 27.8 Å². The van der Waals surface area contributed by atoms with Crippen LogP contribution in [0.5, 0.6) is 0 Å². The summed E-state index contributed by atoms with van der Waals surface area (Å²) in [6.07, 6.45) is 0. The molecular formula is C51H46Cl2SiZr. The van der Waals surface area contributed by atoms with Crippen LogP contribution in [-0.2, 0) is 20.8 Å². The monoisotopic (exact) mass is 846 g/mol. The third kappa shape index (κ3) is 9.01. The molecule has 0 aliphatic carbocycles. The van der Waals surface area contributed by atoms with E-state index in [0.29, 0.717) is 0 Å². The normalized spacial score (nSPS) is 10.6. The molecule has 0 aliphatic heterocycles. The Morgan fingerprint density at radius 2 is 0.945 bits per heavy atom. The van der Waals surface area contributed by atoms with E-state index in [1.54, 1.807) is 0 Å². The molecule has 272 valence electrons. The van der Waals surface area contributed by atoms with Gasteiger partial charge in [0.1, 0.15) is 0 Å². The Hall–Kier alpha value is -4.04. The van der Waals surface area contributed by atoms with Gasteiger partial charge in [0.15, 0.2) is 0 Å². The average Bonchev–Trinajstić information content (AvgIpc) is 3.79. The van der Waals surface area contributed by atoms with E-state index in [-0.39, 0.29) is 0 Å². The van der Waals surface area contributed by atoms with E-state index in [9.17, 15) is 0 Å². The van der Waals surface area contributed by atoms with E-state index in [1.807, 2.05) is 0 Å². The summed E-state index contributed by atoms with van der Waals surface area (Å²) in [6.45, 7) is 15.3. The molecule has 0 bridgehead atoms. The molecule has 0 aromatic heterocycles. The predicted octanol–water partition coefficient (Wildman–Crippen LogP) is 16.1. The van der Waals surface area contributed by atoms with E-state index in [0.717, 1.165) is 9.52 Å². The van der Waals surface area contributed by atoms with Crippen molar-refractivity contribution >= 4 is 69.6 Å². The number of halogens is 2. The van der Waals surface area contributed by atoms with Gasteiger partial charge in [-0.1, -0.05) is 176 Å². The van der Waals surface area contributed by atoms with Crippen molar-refractivity contribution in [2.24, 2.45) is 0 Å². The molecule has 0 nitrogen and oxygen atoms in total. The summed E-state index contributed by atoms with van der Waals surface area (Å²) >= 11 is -0.826. The maximum absolute atomic E-state index is 4.93. The zero-order valence-corrected chi connectivity index (χ0v) is 37.7. The molecule has 2 radical (unpaired) electrons. The van der Waals surface area contributed by atoms with E-state index in [4.69, 9.17) is 17.0 Å². The SMILES string of the molecule is C[Si]C.Cc1cc(C)c(-c2cc3c(-c4cccc5ccccc45)cccc3[cH-]2)c(C)c1.Cc1cc2c(-c3cccc4ccccc34)ccc(C)c2[cH-]1.[Cl][Zr+2][Cl]. The zero-order valence-electron chi connectivity index (χ0n) is 32.7. The molecule has 0 fully saturated rings. The van der Waals surface area contributed by atoms with Gasteiger partial charge in [0.2, 0.25) is 0 Å². The first kappa shape index (κ1) is 40.6. The van der Waals surface area contributed by atoms with Crippen molar-refractivity contribution in [2.45, 2.75) is 47.7 Å². The van der Waals surface area contributed by atoms with Crippen molar-refractivity contribution in [3.05, 3.63) is 179 Å². The van der Waals surface area contributed by atoms with Crippen LogP contribution >= 0.6 is 17.0 Å². The first-order chi connectivity index (χ1) is 26.7. The Kier molecular flexibility index (Phi) is 13.8. The molecule has 0 heterocycles. The average molecular weight is 849 g/mol. The zero-order chi connectivity index (χ0) is 39.1. The summed E-state index contributed by atoms with van der Waals surface area (Å²) in [4.78, 5) is 0. The number of hydrogen-bond donors (Lipinski definition) is 0. The summed E-state index contributed by atoms with van der Waals surface area (Å²) in [7, 11) is 11.0. The van der Waals surface area contributed by atoms with Crippen molar-refractivity contribution in [1.29, 1.82) is 0 Å². The topological polar surface area (TPSA) is 0 Å². The fourth-order valence-electron chi connectivity index (χ4n) is 7.99. The quantitative estimate of drug-likeness (QED) is 0.123. The second kappa shape index (κ2) is 18.7. The van der Waals surface area contributed by atoms with Gasteiger partial charge in [-0.15, -0.1) is 68.6 Å². The number of aryl methyl sites for hydroxylation is 5. The van der Waals surface area contributed by atoms with Gasteiger partial charge in [-0.2, -0.15) is 6.07 Å². The fourth-order valence-corrected chi connectivity index (χ4v) is 7.99. The van der Waals surface area contributed by atoms with Crippen LogP contribution in [-0.4, -0.2) is 9.52 Å². The van der Waals surface area contributed by atoms with Crippen LogP contribution in [0.4, 0.5) is 0 Å². The van der Waals surface area contributed by atoms with Crippen LogP contribution in [0.2, 0.25) is 13.1 Å². The summed E-state index contributed by atoms with van der Waals surface area (Å²) in [6, 6.07) is 55.5. The Morgan fingerprint density at radius 1 is 0.473 bits per heavy atom. The molecule has 0 saturated carbocycles. The minimum absolute atomic E-state index is 0.826. The third-order valence-corrected chi connectivity index (χ3v) is 10.1. The van der Waals surface area contributed by atoms with E-state index < -0.39 is 20.8 Å². The fraction of sp³-hybridized carbons (Fsp3) is 0.137. The van der Waals surface area contributed by atoms with Crippen LogP contribution in [0.3, 0.4) is 0 Å². The van der Waals surface area contributed by atoms with Crippen LogP contribution < -0.4 is 0 Å². The van der Waals surface area contributed by atoms with Gasteiger partial charge in [0.05, 0.1) is 0 Å². The van der Waals surface area contributed by atoms with Gasteiger partial charge in [0, 0.05) is 9.52 Å². The molecule has 0 saturated heterocycles. The Morgan fingerprint density at radius 3 is 1.51 bits per heavy atom. The summed E-state index contributed by atoms with van der Waals surface area (Å²) in [5.41, 5.74) is 14.7. The summed E-state index contributed by atoms with van der Waals surface area (Å²) in [5.74, 6) is 0. The number of fused-ring (bicyclic) bond motifs is 4. The van der Waals surface area contributed by atoms with Gasteiger partial charge < -0.3 is 0 Å². The van der Waals surface area contributed by atoms with Crippen molar-refractivity contribution in [1.82, 2.24) is 0 Å². The molecule has 0 unspecified atom stereocenters. The van der Waals surface area contributed by atoms with Crippen molar-refractivity contribution < 1.29 is 20.8 Å². The third-order valence-electron chi connectivity index (χ3n) is 10.1. The van der Waals surface area contributed by atoms with Crippen LogP contribution in [0.15, 0.2) is 152 Å². The molecule has 0 aliphatic rings. The van der Waals surface area contributed by atoms with Gasteiger partial charge >= 0.3 is 37.9 Å². The number of rotatable bonds is 3. The molecule has 0 spiro atoms. The van der Waals surface area contributed by atoms with Gasteiger partial charge in [-0.3, -0.25) is 0 Å². The van der Waals surface area contributed by atoms with Crippen molar-refractivity contribution in [3.63, 3.8) is 0 Å². The molecule has 9 aromatic rings. The molecule has 55 heavy (non-hydrogen) atoms. The summed E-state index contributed by atoms with van der Waals surface area (Å²) < 4.78 is 0. The predicted molar refractivity (Wildman–Crippen MR) is 243 cm³/mol. The maximum atomic E-state index is 4.93. The van der Waals surface area contributed by atoms with Crippen molar-refractivity contribution in [3.8, 4) is 33.4 Å². The molecule has 4 heteroatoms. The van der Waals surface area contributed by atoms with E-state index in [1.165, 1.54) is 104 Å². The van der Waals surface area contributed by atoms with Gasteiger partial charge in [-0.05, 0) is 53.4 Å². The first-order valence-electron chi connectivity index (χ1n) is 18.6. The minimum atomic E-state index is -0.826. The molecule has 9 aromatic carbocycles. The molecule has 0 amide bonds. The second-order valence-electron chi connectivity index (χ2n) is 14.2. The Balaban J connectivity index is 0.000000169. The van der Waals surface area contributed by atoms with Crippen molar-refractivity contribution in [2.75, 3.05) is 0 Å². The van der Waals surface area contributed by atoms with Gasteiger partial charge in [0.25, 0.3) is 0 Å². The van der Waals surface area contributed by atoms with E-state index in [2.05, 4.69) is 199 Å². The van der Waals surface area contributed by atoms with Crippen LogP contribution in [0.25, 0.3) is 76.5 Å². The number of benzene rings is 7. The summed E-state index contributed by atoms with van der Waals surface area (Å²) in [5, 5.41) is 10.6. The molecule has 9 rings (SSSR count). The first-order valence-corrected chi connectivity index (χ1v) is 27.0. The molecule has 0 atom stereocenters. The Bertz CT molecular complexity index is 2680. The van der Waals surface area contributed by atoms with Gasteiger partial charge in [-0.25, -0.2) is 0 Å². The molecule has 0 N–H and O–H groups in total. The standard InChI is InChI=1S/C28H23.C21H17.C2H6Si.2ClH.Zr/c1-18-14-19(2)28(20(3)15-18)23-16-22-10-7-13-26(27(22)17-23)25-12-6-9-21-8-4-5-11-24(21)25;1-14-12-20-15(2)10-11-19(21(20)13-14)18-9-5-7-16-6-3-4-8-17(16)18;1-3-2;;;/h4-17H,1-3H3;3-13H,1-2H3;1-2H3;2*1H;/q2*-1;;;;+4/p-2. The second-order valence-corrected chi connectivity index (χ2v) is 19.0. The Labute approximate surface area is 348 Å².